The van der Waals surface area contributed by atoms with Crippen LogP contribution in [0, 0.1) is 6.92 Å². The van der Waals surface area contributed by atoms with Crippen LogP contribution in [0.4, 0.5) is 20.7 Å². The highest BCUT2D eigenvalue weighted by molar-refractivity contribution is 5.92. The maximum absolute atomic E-state index is 12.1. The van der Waals surface area contributed by atoms with Crippen LogP contribution in [0.25, 0.3) is 22.4 Å². The Hall–Kier alpha value is -4.09. The molecule has 11 heteroatoms. The standard InChI is InChI=1S/C24H28N6O4.C5H11F/c1-15-4-5-18(27-24(25)33)13-19(15)17-10-20(28-23(12-17)34-9-8-31)16-6-7-26-21(11-16)29-22(32)14-30(2)3;1-2-3-4-5-6/h4-7,10-13,31H,8-9,14H2,1-3H3,(H3,25,27,33)(H,26,29,32);2-5H2,1H3. The Labute approximate surface area is 234 Å². The molecule has 0 saturated heterocycles. The molecule has 2 aromatic heterocycles. The molecule has 0 aliphatic rings. The van der Waals surface area contributed by atoms with E-state index in [0.29, 0.717) is 23.1 Å². The molecule has 0 aliphatic carbocycles. The number of hydrogen-bond acceptors (Lipinski definition) is 7. The maximum Gasteiger partial charge on any atom is 0.316 e. The number of aromatic nitrogens is 2. The van der Waals surface area contributed by atoms with Gasteiger partial charge < -0.3 is 31.1 Å². The average molecular weight is 555 g/mol. The summed E-state index contributed by atoms with van der Waals surface area (Å²) in [4.78, 5) is 34.0. The van der Waals surface area contributed by atoms with E-state index >= 15 is 0 Å². The van der Waals surface area contributed by atoms with Crippen LogP contribution in [0.3, 0.4) is 0 Å². The van der Waals surface area contributed by atoms with Crippen molar-refractivity contribution in [2.75, 3.05) is 51.2 Å². The van der Waals surface area contributed by atoms with Gasteiger partial charge >= 0.3 is 6.03 Å². The van der Waals surface area contributed by atoms with Gasteiger partial charge in [-0.15, -0.1) is 0 Å². The number of rotatable bonds is 12. The third-order valence-corrected chi connectivity index (χ3v) is 5.48. The van der Waals surface area contributed by atoms with Gasteiger partial charge in [-0.1, -0.05) is 25.8 Å². The molecule has 0 atom stereocenters. The Kier molecular flexibility index (Phi) is 13.5. The molecule has 0 spiro atoms. The monoisotopic (exact) mass is 554 g/mol. The molecule has 5 N–H and O–H groups in total. The predicted octanol–water partition coefficient (Wildman–Crippen LogP) is 4.63. The third-order valence-electron chi connectivity index (χ3n) is 5.48. The summed E-state index contributed by atoms with van der Waals surface area (Å²) in [6, 6.07) is 11.9. The van der Waals surface area contributed by atoms with Crippen LogP contribution in [0.2, 0.25) is 0 Å². The molecule has 216 valence electrons. The summed E-state index contributed by atoms with van der Waals surface area (Å²) in [5.41, 5.74) is 9.72. The maximum atomic E-state index is 12.1. The molecule has 3 amide bonds. The first-order chi connectivity index (χ1) is 19.2. The lowest BCUT2D eigenvalue weighted by molar-refractivity contribution is -0.116. The number of halogens is 1. The SMILES string of the molecule is CCCCCF.Cc1ccc(NC(N)=O)cc1-c1cc(OCCO)nc(-c2ccnc(NC(=O)CN(C)C)c2)c1. The van der Waals surface area contributed by atoms with E-state index in [0.717, 1.165) is 41.5 Å². The Bertz CT molecular complexity index is 1250. The number of amides is 3. The predicted molar refractivity (Wildman–Crippen MR) is 156 cm³/mol. The molecule has 3 rings (SSSR count). The van der Waals surface area contributed by atoms with Crippen molar-refractivity contribution < 1.29 is 23.8 Å². The fraction of sp³-hybridized carbons (Fsp3) is 0.379. The number of urea groups is 1. The minimum atomic E-state index is -0.655. The van der Waals surface area contributed by atoms with Crippen molar-refractivity contribution in [1.29, 1.82) is 0 Å². The number of unbranched alkanes of at least 4 members (excludes halogenated alkanes) is 2. The fourth-order valence-electron chi connectivity index (χ4n) is 3.66. The van der Waals surface area contributed by atoms with Crippen molar-refractivity contribution in [3.63, 3.8) is 0 Å². The first-order valence-electron chi connectivity index (χ1n) is 13.1. The molecule has 0 aliphatic heterocycles. The lowest BCUT2D eigenvalue weighted by atomic mass is 9.98. The van der Waals surface area contributed by atoms with Crippen LogP contribution in [-0.4, -0.2) is 72.4 Å². The number of carbonyl (C=O) groups is 2. The normalized spacial score (nSPS) is 10.5. The van der Waals surface area contributed by atoms with Gasteiger partial charge in [0.05, 0.1) is 25.5 Å². The largest absolute Gasteiger partial charge is 0.475 e. The smallest absolute Gasteiger partial charge is 0.316 e. The van der Waals surface area contributed by atoms with Gasteiger partial charge in [0.2, 0.25) is 11.8 Å². The summed E-state index contributed by atoms with van der Waals surface area (Å²) in [6.07, 6.45) is 4.49. The number of benzene rings is 1. The Balaban J connectivity index is 0.000000840. The Morgan fingerprint density at radius 2 is 1.85 bits per heavy atom. The van der Waals surface area contributed by atoms with E-state index in [1.807, 2.05) is 39.2 Å². The molecular formula is C29H39FN6O4. The number of anilines is 2. The van der Waals surface area contributed by atoms with E-state index in [1.165, 1.54) is 0 Å². The first kappa shape index (κ1) is 32.1. The molecule has 0 fully saturated rings. The van der Waals surface area contributed by atoms with Crippen LogP contribution >= 0.6 is 0 Å². The average Bonchev–Trinajstić information content (AvgIpc) is 2.91. The fourth-order valence-corrected chi connectivity index (χ4v) is 3.66. The minimum Gasteiger partial charge on any atom is -0.475 e. The summed E-state index contributed by atoms with van der Waals surface area (Å²) in [7, 11) is 3.62. The van der Waals surface area contributed by atoms with E-state index in [9.17, 15) is 19.1 Å². The number of nitrogens with zero attached hydrogens (tertiary/aromatic N) is 3. The number of aliphatic hydroxyl groups excluding tert-OH is 1. The van der Waals surface area contributed by atoms with Gasteiger partial charge in [-0.2, -0.15) is 0 Å². The number of pyridine rings is 2. The van der Waals surface area contributed by atoms with Crippen molar-refractivity contribution in [2.24, 2.45) is 5.73 Å². The molecule has 0 bridgehead atoms. The van der Waals surface area contributed by atoms with Crippen molar-refractivity contribution in [1.82, 2.24) is 14.9 Å². The number of alkyl halides is 1. The molecule has 10 nitrogen and oxygen atoms in total. The highest BCUT2D eigenvalue weighted by Crippen LogP contribution is 2.32. The number of aliphatic hydroxyl groups is 1. The van der Waals surface area contributed by atoms with Crippen LogP contribution < -0.4 is 21.1 Å². The molecule has 40 heavy (non-hydrogen) atoms. The lowest BCUT2D eigenvalue weighted by Gasteiger charge is -2.14. The number of primary amides is 1. The zero-order chi connectivity index (χ0) is 29.5. The van der Waals surface area contributed by atoms with E-state index in [4.69, 9.17) is 10.5 Å². The topological polar surface area (TPSA) is 143 Å². The molecule has 0 saturated carbocycles. The number of ether oxygens (including phenoxy) is 1. The number of carbonyl (C=O) groups excluding carboxylic acids is 2. The molecule has 0 radical (unpaired) electrons. The Morgan fingerprint density at radius 3 is 2.48 bits per heavy atom. The third kappa shape index (κ3) is 11.0. The van der Waals surface area contributed by atoms with Gasteiger partial charge in [0.1, 0.15) is 12.4 Å². The molecular weight excluding hydrogens is 515 g/mol. The molecule has 0 unspecified atom stereocenters. The van der Waals surface area contributed by atoms with Gasteiger partial charge in [0, 0.05) is 23.5 Å². The number of nitrogens with two attached hydrogens (primary N) is 1. The van der Waals surface area contributed by atoms with Crippen LogP contribution in [-0.2, 0) is 4.79 Å². The highest BCUT2D eigenvalue weighted by atomic mass is 19.1. The number of aryl methyl sites for hydroxylation is 1. The summed E-state index contributed by atoms with van der Waals surface area (Å²) in [5, 5.41) is 14.6. The minimum absolute atomic E-state index is 0.0837. The van der Waals surface area contributed by atoms with E-state index in [1.54, 1.807) is 35.4 Å². The van der Waals surface area contributed by atoms with E-state index in [2.05, 4.69) is 27.5 Å². The van der Waals surface area contributed by atoms with E-state index < -0.39 is 6.03 Å². The van der Waals surface area contributed by atoms with Gasteiger partial charge in [0.15, 0.2) is 0 Å². The quantitative estimate of drug-likeness (QED) is 0.239. The summed E-state index contributed by atoms with van der Waals surface area (Å²) in [6.45, 7) is 4.02. The zero-order valence-corrected chi connectivity index (χ0v) is 23.5. The lowest BCUT2D eigenvalue weighted by Crippen LogP contribution is -2.27. The second kappa shape index (κ2) is 16.8. The number of likely N-dealkylation sites (N-methyl/N-ethyl adjacent to an activating group) is 1. The number of hydrogen-bond donors (Lipinski definition) is 4. The molecule has 2 heterocycles. The van der Waals surface area contributed by atoms with E-state index in [-0.39, 0.29) is 32.3 Å². The van der Waals surface area contributed by atoms with Crippen LogP contribution in [0.1, 0.15) is 31.7 Å². The van der Waals surface area contributed by atoms with Crippen LogP contribution in [0.15, 0.2) is 48.7 Å². The van der Waals surface area contributed by atoms with Crippen molar-refractivity contribution in [3.8, 4) is 28.3 Å². The van der Waals surface area contributed by atoms with Crippen molar-refractivity contribution in [3.05, 3.63) is 54.2 Å². The highest BCUT2D eigenvalue weighted by Gasteiger charge is 2.13. The second-order valence-corrected chi connectivity index (χ2v) is 9.28. The van der Waals surface area contributed by atoms with Crippen molar-refractivity contribution in [2.45, 2.75) is 33.1 Å². The van der Waals surface area contributed by atoms with Crippen molar-refractivity contribution >= 4 is 23.4 Å². The zero-order valence-electron chi connectivity index (χ0n) is 23.5. The number of nitrogens with one attached hydrogen (secondary N) is 2. The second-order valence-electron chi connectivity index (χ2n) is 9.28. The van der Waals surface area contributed by atoms with Gasteiger partial charge in [-0.3, -0.25) is 9.18 Å². The van der Waals surface area contributed by atoms with Gasteiger partial charge in [-0.05, 0) is 74.5 Å². The summed E-state index contributed by atoms with van der Waals surface area (Å²) >= 11 is 0. The summed E-state index contributed by atoms with van der Waals surface area (Å²) in [5.74, 6) is 0.542. The Morgan fingerprint density at radius 1 is 1.07 bits per heavy atom. The van der Waals surface area contributed by atoms with Gasteiger partial charge in [0.25, 0.3) is 0 Å². The van der Waals surface area contributed by atoms with Crippen LogP contribution in [0.5, 0.6) is 5.88 Å². The van der Waals surface area contributed by atoms with Gasteiger partial charge in [-0.25, -0.2) is 14.8 Å². The molecule has 3 aromatic rings. The summed E-state index contributed by atoms with van der Waals surface area (Å²) < 4.78 is 16.8. The molecule has 1 aromatic carbocycles. The first-order valence-corrected chi connectivity index (χ1v) is 13.1.